The normalized spacial score (nSPS) is 17.6. The Balaban J connectivity index is 1.93. The number of benzene rings is 1. The summed E-state index contributed by atoms with van der Waals surface area (Å²) in [5.41, 5.74) is 1.00. The molecule has 1 atom stereocenters. The molecule has 1 aliphatic carbocycles. The second kappa shape index (κ2) is 6.98. The zero-order valence-electron chi connectivity index (χ0n) is 12.0. The molecule has 0 fully saturated rings. The van der Waals surface area contributed by atoms with Crippen LogP contribution < -0.4 is 14.8 Å². The molecular formula is C16H21NO3. The van der Waals surface area contributed by atoms with Gasteiger partial charge in [-0.3, -0.25) is 4.79 Å². The van der Waals surface area contributed by atoms with Gasteiger partial charge in [0.25, 0.3) is 0 Å². The Morgan fingerprint density at radius 2 is 2.05 bits per heavy atom. The first-order valence-corrected chi connectivity index (χ1v) is 6.88. The Morgan fingerprint density at radius 1 is 1.25 bits per heavy atom. The SMILES string of the molecule is COc1ccc(CNC(=O)[C@H]2CC=CCC2)cc1OC. The van der Waals surface area contributed by atoms with E-state index in [1.54, 1.807) is 14.2 Å². The molecule has 1 N–H and O–H groups in total. The topological polar surface area (TPSA) is 47.6 Å². The molecule has 2 rings (SSSR count). The van der Waals surface area contributed by atoms with Gasteiger partial charge >= 0.3 is 0 Å². The van der Waals surface area contributed by atoms with Gasteiger partial charge in [-0.25, -0.2) is 0 Å². The van der Waals surface area contributed by atoms with E-state index in [0.717, 1.165) is 24.8 Å². The van der Waals surface area contributed by atoms with Crippen LogP contribution in [0.1, 0.15) is 24.8 Å². The zero-order chi connectivity index (χ0) is 14.4. The molecule has 20 heavy (non-hydrogen) atoms. The van der Waals surface area contributed by atoms with E-state index < -0.39 is 0 Å². The van der Waals surface area contributed by atoms with Crippen molar-refractivity contribution in [2.24, 2.45) is 5.92 Å². The lowest BCUT2D eigenvalue weighted by Gasteiger charge is -2.17. The third-order valence-electron chi connectivity index (χ3n) is 3.55. The third-order valence-corrected chi connectivity index (χ3v) is 3.55. The number of allylic oxidation sites excluding steroid dienone is 2. The minimum atomic E-state index is 0.111. The molecule has 0 heterocycles. The number of methoxy groups -OCH3 is 2. The van der Waals surface area contributed by atoms with Crippen LogP contribution in [0.15, 0.2) is 30.4 Å². The Morgan fingerprint density at radius 3 is 2.70 bits per heavy atom. The molecule has 0 radical (unpaired) electrons. The van der Waals surface area contributed by atoms with Crippen LogP contribution in [0.3, 0.4) is 0 Å². The fourth-order valence-corrected chi connectivity index (χ4v) is 2.36. The predicted octanol–water partition coefficient (Wildman–Crippen LogP) is 2.68. The lowest BCUT2D eigenvalue weighted by atomic mass is 9.93. The van der Waals surface area contributed by atoms with Crippen molar-refractivity contribution in [2.45, 2.75) is 25.8 Å². The molecular weight excluding hydrogens is 254 g/mol. The van der Waals surface area contributed by atoms with Crippen molar-refractivity contribution in [3.63, 3.8) is 0 Å². The van der Waals surface area contributed by atoms with Gasteiger partial charge in [0, 0.05) is 12.5 Å². The van der Waals surface area contributed by atoms with Crippen LogP contribution >= 0.6 is 0 Å². The average Bonchev–Trinajstić information content (AvgIpc) is 2.53. The van der Waals surface area contributed by atoms with Crippen LogP contribution in [-0.2, 0) is 11.3 Å². The highest BCUT2D eigenvalue weighted by atomic mass is 16.5. The number of nitrogens with one attached hydrogen (secondary N) is 1. The van der Waals surface area contributed by atoms with Crippen LogP contribution in [0.5, 0.6) is 11.5 Å². The number of amides is 1. The van der Waals surface area contributed by atoms with Crippen LogP contribution in [0.4, 0.5) is 0 Å². The number of carbonyl (C=O) groups excluding carboxylic acids is 1. The van der Waals surface area contributed by atoms with Gasteiger partial charge in [0.05, 0.1) is 14.2 Å². The molecule has 108 valence electrons. The molecule has 4 nitrogen and oxygen atoms in total. The van der Waals surface area contributed by atoms with Crippen molar-refractivity contribution in [3.05, 3.63) is 35.9 Å². The average molecular weight is 275 g/mol. The van der Waals surface area contributed by atoms with E-state index in [-0.39, 0.29) is 11.8 Å². The van der Waals surface area contributed by atoms with E-state index in [0.29, 0.717) is 18.0 Å². The highest BCUT2D eigenvalue weighted by Crippen LogP contribution is 2.27. The lowest BCUT2D eigenvalue weighted by Crippen LogP contribution is -2.30. The minimum absolute atomic E-state index is 0.111. The number of hydrogen-bond acceptors (Lipinski definition) is 3. The molecule has 0 saturated heterocycles. The van der Waals surface area contributed by atoms with Gasteiger partial charge in [0.1, 0.15) is 0 Å². The van der Waals surface area contributed by atoms with E-state index in [9.17, 15) is 4.79 Å². The van der Waals surface area contributed by atoms with Gasteiger partial charge in [0.15, 0.2) is 11.5 Å². The van der Waals surface area contributed by atoms with Crippen molar-refractivity contribution in [3.8, 4) is 11.5 Å². The van der Waals surface area contributed by atoms with E-state index in [1.165, 1.54) is 0 Å². The van der Waals surface area contributed by atoms with E-state index >= 15 is 0 Å². The van der Waals surface area contributed by atoms with Crippen LogP contribution in [0.2, 0.25) is 0 Å². The van der Waals surface area contributed by atoms with Crippen molar-refractivity contribution >= 4 is 5.91 Å². The molecule has 0 unspecified atom stereocenters. The molecule has 0 aromatic heterocycles. The first-order valence-electron chi connectivity index (χ1n) is 6.88. The van der Waals surface area contributed by atoms with Gasteiger partial charge in [-0.1, -0.05) is 18.2 Å². The van der Waals surface area contributed by atoms with Gasteiger partial charge in [-0.2, -0.15) is 0 Å². The molecule has 1 aromatic rings. The van der Waals surface area contributed by atoms with E-state index in [4.69, 9.17) is 9.47 Å². The van der Waals surface area contributed by atoms with Gasteiger partial charge in [-0.15, -0.1) is 0 Å². The highest BCUT2D eigenvalue weighted by molar-refractivity contribution is 5.79. The van der Waals surface area contributed by atoms with Gasteiger partial charge < -0.3 is 14.8 Å². The summed E-state index contributed by atoms with van der Waals surface area (Å²) < 4.78 is 10.4. The molecule has 0 spiro atoms. The summed E-state index contributed by atoms with van der Waals surface area (Å²) in [4.78, 5) is 12.0. The monoisotopic (exact) mass is 275 g/mol. The number of hydrogen-bond donors (Lipinski definition) is 1. The minimum Gasteiger partial charge on any atom is -0.493 e. The molecule has 1 amide bonds. The first-order chi connectivity index (χ1) is 9.74. The molecule has 0 saturated carbocycles. The van der Waals surface area contributed by atoms with Crippen LogP contribution in [0.25, 0.3) is 0 Å². The zero-order valence-corrected chi connectivity index (χ0v) is 12.0. The lowest BCUT2D eigenvalue weighted by molar-refractivity contribution is -0.125. The number of rotatable bonds is 5. The van der Waals surface area contributed by atoms with Crippen molar-refractivity contribution in [2.75, 3.05) is 14.2 Å². The quantitative estimate of drug-likeness (QED) is 0.840. The fourth-order valence-electron chi connectivity index (χ4n) is 2.36. The number of ether oxygens (including phenoxy) is 2. The Kier molecular flexibility index (Phi) is 5.04. The summed E-state index contributed by atoms with van der Waals surface area (Å²) in [6.07, 6.45) is 7.00. The Hall–Kier alpha value is -1.97. The predicted molar refractivity (Wildman–Crippen MR) is 77.9 cm³/mol. The first kappa shape index (κ1) is 14.4. The summed E-state index contributed by atoms with van der Waals surface area (Å²) in [7, 11) is 3.21. The molecule has 1 aromatic carbocycles. The number of carbonyl (C=O) groups is 1. The summed E-state index contributed by atoms with van der Waals surface area (Å²) >= 11 is 0. The summed E-state index contributed by atoms with van der Waals surface area (Å²) in [5.74, 6) is 1.61. The summed E-state index contributed by atoms with van der Waals surface area (Å²) in [5, 5.41) is 2.99. The molecule has 1 aliphatic rings. The van der Waals surface area contributed by atoms with Crippen LogP contribution in [-0.4, -0.2) is 20.1 Å². The summed E-state index contributed by atoms with van der Waals surface area (Å²) in [6, 6.07) is 5.67. The maximum atomic E-state index is 12.0. The van der Waals surface area contributed by atoms with Gasteiger partial charge in [0.2, 0.25) is 5.91 Å². The van der Waals surface area contributed by atoms with E-state index in [2.05, 4.69) is 17.5 Å². The maximum absolute atomic E-state index is 12.0. The second-order valence-corrected chi connectivity index (χ2v) is 4.89. The van der Waals surface area contributed by atoms with Crippen molar-refractivity contribution in [1.29, 1.82) is 0 Å². The molecule has 0 aliphatic heterocycles. The Labute approximate surface area is 119 Å². The molecule has 4 heteroatoms. The van der Waals surface area contributed by atoms with E-state index in [1.807, 2.05) is 18.2 Å². The second-order valence-electron chi connectivity index (χ2n) is 4.89. The van der Waals surface area contributed by atoms with Crippen molar-refractivity contribution < 1.29 is 14.3 Å². The van der Waals surface area contributed by atoms with Crippen molar-refractivity contribution in [1.82, 2.24) is 5.32 Å². The van der Waals surface area contributed by atoms with Gasteiger partial charge in [-0.05, 0) is 37.0 Å². The highest BCUT2D eigenvalue weighted by Gasteiger charge is 2.18. The fraction of sp³-hybridized carbons (Fsp3) is 0.438. The smallest absolute Gasteiger partial charge is 0.223 e. The maximum Gasteiger partial charge on any atom is 0.223 e. The molecule has 0 bridgehead atoms. The Bertz CT molecular complexity index is 496. The summed E-state index contributed by atoms with van der Waals surface area (Å²) in [6.45, 7) is 0.513. The van der Waals surface area contributed by atoms with Crippen LogP contribution in [0, 0.1) is 5.92 Å². The standard InChI is InChI=1S/C16H21NO3/c1-19-14-9-8-12(10-15(14)20-2)11-17-16(18)13-6-4-3-5-7-13/h3-4,8-10,13H,5-7,11H2,1-2H3,(H,17,18)/t13-/m0/s1. The third kappa shape index (κ3) is 3.53. The largest absolute Gasteiger partial charge is 0.493 e.